The average molecular weight is 291 g/mol. The average Bonchev–Trinajstić information content (AvgIpc) is 2.38. The second kappa shape index (κ2) is 8.19. The van der Waals surface area contributed by atoms with Crippen molar-refractivity contribution in [3.8, 4) is 0 Å². The molecule has 0 fully saturated rings. The number of esters is 2. The SMILES string of the molecule is CCOC(=O)C(C=Nc1cc(C)cc(C)c1)C(=O)OCC. The molecule has 5 nitrogen and oxygen atoms in total. The Morgan fingerprint density at radius 2 is 1.52 bits per heavy atom. The molecule has 0 aliphatic carbocycles. The zero-order chi connectivity index (χ0) is 15.8. The van der Waals surface area contributed by atoms with E-state index in [9.17, 15) is 9.59 Å². The Hall–Kier alpha value is -2.17. The summed E-state index contributed by atoms with van der Waals surface area (Å²) in [6.45, 7) is 7.68. The molecule has 0 heterocycles. The number of carbonyl (C=O) groups is 2. The molecular formula is C16H21NO4. The summed E-state index contributed by atoms with van der Waals surface area (Å²) in [5.41, 5.74) is 2.81. The standard InChI is InChI=1S/C16H21NO4/c1-5-20-15(18)14(16(19)21-6-2)10-17-13-8-11(3)7-12(4)9-13/h7-10,14H,5-6H2,1-4H3. The van der Waals surface area contributed by atoms with Gasteiger partial charge in [-0.2, -0.15) is 0 Å². The van der Waals surface area contributed by atoms with Crippen LogP contribution >= 0.6 is 0 Å². The lowest BCUT2D eigenvalue weighted by Gasteiger charge is -2.10. The normalized spacial score (nSPS) is 10.9. The van der Waals surface area contributed by atoms with Crippen LogP contribution in [0.3, 0.4) is 0 Å². The first-order valence-electron chi connectivity index (χ1n) is 6.93. The van der Waals surface area contributed by atoms with E-state index in [0.29, 0.717) is 5.69 Å². The quantitative estimate of drug-likeness (QED) is 0.459. The van der Waals surface area contributed by atoms with E-state index in [2.05, 4.69) is 4.99 Å². The van der Waals surface area contributed by atoms with Crippen LogP contribution in [0.25, 0.3) is 0 Å². The Balaban J connectivity index is 2.96. The van der Waals surface area contributed by atoms with E-state index in [4.69, 9.17) is 9.47 Å². The van der Waals surface area contributed by atoms with Gasteiger partial charge in [-0.25, -0.2) is 0 Å². The van der Waals surface area contributed by atoms with Crippen LogP contribution in [0.15, 0.2) is 23.2 Å². The lowest BCUT2D eigenvalue weighted by atomic mass is 10.1. The van der Waals surface area contributed by atoms with Crippen molar-refractivity contribution >= 4 is 23.8 Å². The van der Waals surface area contributed by atoms with Gasteiger partial charge in [0.2, 0.25) is 0 Å². The minimum absolute atomic E-state index is 0.201. The first-order chi connectivity index (χ1) is 9.97. The highest BCUT2D eigenvalue weighted by molar-refractivity contribution is 6.09. The fourth-order valence-electron chi connectivity index (χ4n) is 1.87. The minimum Gasteiger partial charge on any atom is -0.465 e. The molecule has 0 N–H and O–H groups in total. The molecule has 0 saturated heterocycles. The van der Waals surface area contributed by atoms with Gasteiger partial charge in [-0.1, -0.05) is 6.07 Å². The molecule has 1 aromatic carbocycles. The van der Waals surface area contributed by atoms with Crippen molar-refractivity contribution < 1.29 is 19.1 Å². The second-order valence-electron chi connectivity index (χ2n) is 4.61. The lowest BCUT2D eigenvalue weighted by Crippen LogP contribution is -2.29. The maximum absolute atomic E-state index is 11.8. The zero-order valence-corrected chi connectivity index (χ0v) is 12.9. The Bertz CT molecular complexity index is 499. The van der Waals surface area contributed by atoms with Gasteiger partial charge in [-0.15, -0.1) is 0 Å². The summed E-state index contributed by atoms with van der Waals surface area (Å²) in [6.07, 6.45) is 1.28. The van der Waals surface area contributed by atoms with Gasteiger partial charge in [0.05, 0.1) is 18.9 Å². The van der Waals surface area contributed by atoms with Crippen LogP contribution in [-0.4, -0.2) is 31.4 Å². The van der Waals surface area contributed by atoms with Crippen molar-refractivity contribution in [1.82, 2.24) is 0 Å². The Labute approximate surface area is 125 Å². The van der Waals surface area contributed by atoms with Gasteiger partial charge < -0.3 is 9.47 Å². The van der Waals surface area contributed by atoms with Crippen molar-refractivity contribution in [3.05, 3.63) is 29.3 Å². The molecule has 5 heteroatoms. The highest BCUT2D eigenvalue weighted by atomic mass is 16.6. The number of carbonyl (C=O) groups excluding carboxylic acids is 2. The third-order valence-electron chi connectivity index (χ3n) is 2.66. The summed E-state index contributed by atoms with van der Waals surface area (Å²) in [5, 5.41) is 0. The fourth-order valence-corrected chi connectivity index (χ4v) is 1.87. The molecule has 0 aliphatic rings. The summed E-state index contributed by atoms with van der Waals surface area (Å²) >= 11 is 0. The van der Waals surface area contributed by atoms with Gasteiger partial charge in [-0.3, -0.25) is 14.6 Å². The van der Waals surface area contributed by atoms with E-state index in [1.165, 1.54) is 6.21 Å². The van der Waals surface area contributed by atoms with Gasteiger partial charge in [0, 0.05) is 6.21 Å². The number of benzene rings is 1. The Kier molecular flexibility index (Phi) is 6.59. The number of hydrogen-bond donors (Lipinski definition) is 0. The Morgan fingerprint density at radius 1 is 1.05 bits per heavy atom. The maximum atomic E-state index is 11.8. The minimum atomic E-state index is -1.13. The lowest BCUT2D eigenvalue weighted by molar-refractivity contribution is -0.157. The Morgan fingerprint density at radius 3 is 1.95 bits per heavy atom. The number of ether oxygens (including phenoxy) is 2. The van der Waals surface area contributed by atoms with Crippen LogP contribution < -0.4 is 0 Å². The van der Waals surface area contributed by atoms with E-state index in [0.717, 1.165) is 11.1 Å². The molecule has 0 atom stereocenters. The number of nitrogens with zero attached hydrogens (tertiary/aromatic N) is 1. The number of rotatable bonds is 6. The molecule has 1 rings (SSSR count). The maximum Gasteiger partial charge on any atom is 0.325 e. The summed E-state index contributed by atoms with van der Waals surface area (Å²) in [7, 11) is 0. The van der Waals surface area contributed by atoms with Gasteiger partial charge in [-0.05, 0) is 51.0 Å². The van der Waals surface area contributed by atoms with Crippen LogP contribution in [0.2, 0.25) is 0 Å². The molecule has 0 unspecified atom stereocenters. The van der Waals surface area contributed by atoms with Crippen LogP contribution in [0, 0.1) is 19.8 Å². The summed E-state index contributed by atoms with van der Waals surface area (Å²) < 4.78 is 9.75. The molecule has 0 aliphatic heterocycles. The van der Waals surface area contributed by atoms with Crippen LogP contribution in [0.4, 0.5) is 5.69 Å². The monoisotopic (exact) mass is 291 g/mol. The third kappa shape index (κ3) is 5.38. The van der Waals surface area contributed by atoms with Crippen molar-refractivity contribution in [2.24, 2.45) is 10.9 Å². The first-order valence-corrected chi connectivity index (χ1v) is 6.93. The molecule has 0 aromatic heterocycles. The first kappa shape index (κ1) is 16.9. The molecule has 114 valence electrons. The molecule has 1 aromatic rings. The molecule has 0 saturated carbocycles. The number of aryl methyl sites for hydroxylation is 2. The van der Waals surface area contributed by atoms with Gasteiger partial charge in [0.15, 0.2) is 5.92 Å². The zero-order valence-electron chi connectivity index (χ0n) is 12.9. The van der Waals surface area contributed by atoms with Gasteiger partial charge in [0.1, 0.15) is 0 Å². The topological polar surface area (TPSA) is 65.0 Å². The van der Waals surface area contributed by atoms with Crippen LogP contribution in [0.5, 0.6) is 0 Å². The van der Waals surface area contributed by atoms with E-state index < -0.39 is 17.9 Å². The summed E-state index contributed by atoms with van der Waals surface area (Å²) in [4.78, 5) is 27.8. The fraction of sp³-hybridized carbons (Fsp3) is 0.438. The predicted molar refractivity (Wildman–Crippen MR) is 80.8 cm³/mol. The summed E-state index contributed by atoms with van der Waals surface area (Å²) in [6, 6.07) is 5.76. The van der Waals surface area contributed by atoms with Crippen molar-refractivity contribution in [1.29, 1.82) is 0 Å². The van der Waals surface area contributed by atoms with E-state index in [1.54, 1.807) is 13.8 Å². The number of aliphatic imine (C=N–C) groups is 1. The molecule has 0 amide bonds. The van der Waals surface area contributed by atoms with E-state index >= 15 is 0 Å². The second-order valence-corrected chi connectivity index (χ2v) is 4.61. The molecule has 21 heavy (non-hydrogen) atoms. The van der Waals surface area contributed by atoms with Crippen molar-refractivity contribution in [2.75, 3.05) is 13.2 Å². The summed E-state index contributed by atoms with van der Waals surface area (Å²) in [5.74, 6) is -2.43. The molecule has 0 radical (unpaired) electrons. The number of hydrogen-bond acceptors (Lipinski definition) is 5. The van der Waals surface area contributed by atoms with Crippen LogP contribution in [-0.2, 0) is 19.1 Å². The third-order valence-corrected chi connectivity index (χ3v) is 2.66. The van der Waals surface area contributed by atoms with Crippen LogP contribution in [0.1, 0.15) is 25.0 Å². The van der Waals surface area contributed by atoms with Gasteiger partial charge >= 0.3 is 11.9 Å². The van der Waals surface area contributed by atoms with Gasteiger partial charge in [0.25, 0.3) is 0 Å². The molecule has 0 bridgehead atoms. The van der Waals surface area contributed by atoms with E-state index in [1.807, 2.05) is 32.0 Å². The highest BCUT2D eigenvalue weighted by Crippen LogP contribution is 2.17. The smallest absolute Gasteiger partial charge is 0.325 e. The largest absolute Gasteiger partial charge is 0.465 e. The molecular weight excluding hydrogens is 270 g/mol. The predicted octanol–water partition coefficient (Wildman–Crippen LogP) is 2.75. The molecule has 0 spiro atoms. The van der Waals surface area contributed by atoms with E-state index in [-0.39, 0.29) is 13.2 Å². The van der Waals surface area contributed by atoms with Crippen molar-refractivity contribution in [3.63, 3.8) is 0 Å². The van der Waals surface area contributed by atoms with Crippen molar-refractivity contribution in [2.45, 2.75) is 27.7 Å². The highest BCUT2D eigenvalue weighted by Gasteiger charge is 2.27.